The Hall–Kier alpha value is -1.85. The fourth-order valence-electron chi connectivity index (χ4n) is 2.17. The van der Waals surface area contributed by atoms with Crippen LogP contribution in [0.4, 0.5) is 4.79 Å². The zero-order valence-corrected chi connectivity index (χ0v) is 14.1. The summed E-state index contributed by atoms with van der Waals surface area (Å²) >= 11 is 5.23. The third kappa shape index (κ3) is 3.48. The van der Waals surface area contributed by atoms with Crippen LogP contribution in [0.15, 0.2) is 58.4 Å². The third-order valence-electron chi connectivity index (χ3n) is 3.27. The molecular weight excluding hydrogens is 362 g/mol. The summed E-state index contributed by atoms with van der Waals surface area (Å²) in [6, 6.07) is 17.8. The molecule has 22 heavy (non-hydrogen) atoms. The van der Waals surface area contributed by atoms with Crippen molar-refractivity contribution in [2.75, 3.05) is 0 Å². The number of hydrogen-bond donors (Lipinski definition) is 1. The summed E-state index contributed by atoms with van der Waals surface area (Å²) in [5.74, 6) is 0. The summed E-state index contributed by atoms with van der Waals surface area (Å²) < 4.78 is 7.45. The number of benzene rings is 2. The molecule has 3 aromatic rings. The second kappa shape index (κ2) is 6.94. The molecule has 0 bridgehead atoms. The second-order valence-electron chi connectivity index (χ2n) is 4.77. The van der Waals surface area contributed by atoms with Crippen LogP contribution < -0.4 is 5.32 Å². The van der Waals surface area contributed by atoms with Gasteiger partial charge >= 0.3 is 6.09 Å². The molecule has 3 nitrogen and oxygen atoms in total. The Morgan fingerprint density at radius 3 is 2.64 bits per heavy atom. The molecule has 3 rings (SSSR count). The first-order chi connectivity index (χ1) is 10.7. The van der Waals surface area contributed by atoms with Crippen molar-refractivity contribution in [2.24, 2.45) is 0 Å². The molecule has 0 saturated heterocycles. The molecule has 0 aliphatic heterocycles. The Morgan fingerprint density at radius 2 is 1.82 bits per heavy atom. The van der Waals surface area contributed by atoms with Gasteiger partial charge in [-0.3, -0.25) is 0 Å². The number of thiophene rings is 1. The lowest BCUT2D eigenvalue weighted by atomic mass is 10.2. The SMILES string of the molecule is O=C(NCc1c(Br)sc2ccccc12)OCc1ccccc1. The number of halogens is 1. The Morgan fingerprint density at radius 1 is 1.09 bits per heavy atom. The van der Waals surface area contributed by atoms with Gasteiger partial charge in [-0.05, 0) is 32.9 Å². The molecule has 5 heteroatoms. The monoisotopic (exact) mass is 375 g/mol. The van der Waals surface area contributed by atoms with E-state index in [1.165, 1.54) is 4.70 Å². The van der Waals surface area contributed by atoms with Crippen LogP contribution in [0, 0.1) is 0 Å². The summed E-state index contributed by atoms with van der Waals surface area (Å²) in [5.41, 5.74) is 2.05. The molecule has 112 valence electrons. The van der Waals surface area contributed by atoms with Gasteiger partial charge < -0.3 is 10.1 Å². The van der Waals surface area contributed by atoms with Crippen LogP contribution >= 0.6 is 27.3 Å². The second-order valence-corrected chi connectivity index (χ2v) is 7.14. The lowest BCUT2D eigenvalue weighted by Crippen LogP contribution is -2.23. The summed E-state index contributed by atoms with van der Waals surface area (Å²) in [5, 5.41) is 3.96. The van der Waals surface area contributed by atoms with E-state index in [1.54, 1.807) is 11.3 Å². The maximum Gasteiger partial charge on any atom is 0.407 e. The number of fused-ring (bicyclic) bond motifs is 1. The highest BCUT2D eigenvalue weighted by Gasteiger charge is 2.11. The van der Waals surface area contributed by atoms with Gasteiger partial charge in [0.2, 0.25) is 0 Å². The summed E-state index contributed by atoms with van der Waals surface area (Å²) in [4.78, 5) is 11.8. The third-order valence-corrected chi connectivity index (χ3v) is 5.24. The van der Waals surface area contributed by atoms with Crippen LogP contribution in [0.1, 0.15) is 11.1 Å². The first-order valence-corrected chi connectivity index (χ1v) is 8.45. The van der Waals surface area contributed by atoms with Gasteiger partial charge in [-0.2, -0.15) is 0 Å². The quantitative estimate of drug-likeness (QED) is 0.689. The van der Waals surface area contributed by atoms with E-state index in [1.807, 2.05) is 42.5 Å². The van der Waals surface area contributed by atoms with Gasteiger partial charge in [0.05, 0.1) is 3.79 Å². The fourth-order valence-corrected chi connectivity index (χ4v) is 3.99. The van der Waals surface area contributed by atoms with Gasteiger partial charge in [-0.15, -0.1) is 11.3 Å². The molecule has 0 spiro atoms. The van der Waals surface area contributed by atoms with Crippen molar-refractivity contribution >= 4 is 43.4 Å². The first-order valence-electron chi connectivity index (χ1n) is 6.84. The average molecular weight is 376 g/mol. The molecule has 1 N–H and O–H groups in total. The predicted octanol–water partition coefficient (Wildman–Crippen LogP) is 5.09. The molecule has 0 aliphatic rings. The Bertz CT molecular complexity index is 786. The number of rotatable bonds is 4. The average Bonchev–Trinajstić information content (AvgIpc) is 2.87. The van der Waals surface area contributed by atoms with Crippen LogP contribution in [0.3, 0.4) is 0 Å². The van der Waals surface area contributed by atoms with Crippen molar-refractivity contribution < 1.29 is 9.53 Å². The van der Waals surface area contributed by atoms with E-state index in [0.29, 0.717) is 6.54 Å². The van der Waals surface area contributed by atoms with Crippen molar-refractivity contribution in [3.05, 3.63) is 69.5 Å². The van der Waals surface area contributed by atoms with Crippen LogP contribution in [-0.2, 0) is 17.9 Å². The molecule has 0 unspecified atom stereocenters. The van der Waals surface area contributed by atoms with Gasteiger partial charge in [0.25, 0.3) is 0 Å². The van der Waals surface area contributed by atoms with Gasteiger partial charge in [-0.25, -0.2) is 4.79 Å². The molecule has 0 saturated carbocycles. The van der Waals surface area contributed by atoms with E-state index in [4.69, 9.17) is 4.74 Å². The number of carbonyl (C=O) groups excluding carboxylic acids is 1. The lowest BCUT2D eigenvalue weighted by molar-refractivity contribution is 0.139. The summed E-state index contributed by atoms with van der Waals surface area (Å²) in [6.07, 6.45) is -0.411. The smallest absolute Gasteiger partial charge is 0.407 e. The minimum absolute atomic E-state index is 0.276. The van der Waals surface area contributed by atoms with Crippen molar-refractivity contribution in [2.45, 2.75) is 13.2 Å². The van der Waals surface area contributed by atoms with Gasteiger partial charge in [-0.1, -0.05) is 48.5 Å². The zero-order chi connectivity index (χ0) is 15.4. The first kappa shape index (κ1) is 15.1. The van der Waals surface area contributed by atoms with Crippen LogP contribution in [0.2, 0.25) is 0 Å². The van der Waals surface area contributed by atoms with Crippen molar-refractivity contribution in [3.63, 3.8) is 0 Å². The van der Waals surface area contributed by atoms with Crippen LogP contribution in [0.5, 0.6) is 0 Å². The highest BCUT2D eigenvalue weighted by Crippen LogP contribution is 2.35. The Kier molecular flexibility index (Phi) is 4.75. The number of carbonyl (C=O) groups is 1. The maximum absolute atomic E-state index is 11.8. The largest absolute Gasteiger partial charge is 0.445 e. The highest BCUT2D eigenvalue weighted by atomic mass is 79.9. The van der Waals surface area contributed by atoms with E-state index in [9.17, 15) is 4.79 Å². The molecule has 1 heterocycles. The number of nitrogens with one attached hydrogen (secondary N) is 1. The van der Waals surface area contributed by atoms with Crippen LogP contribution in [0.25, 0.3) is 10.1 Å². The molecule has 2 aromatic carbocycles. The standard InChI is InChI=1S/C17H14BrNO2S/c18-16-14(13-8-4-5-9-15(13)22-16)10-19-17(20)21-11-12-6-2-1-3-7-12/h1-9H,10-11H2,(H,19,20). The van der Waals surface area contributed by atoms with Gasteiger partial charge in [0.1, 0.15) is 6.61 Å². The predicted molar refractivity (Wildman–Crippen MR) is 93.0 cm³/mol. The topological polar surface area (TPSA) is 38.3 Å². The molecule has 1 amide bonds. The van der Waals surface area contributed by atoms with E-state index in [2.05, 4.69) is 33.4 Å². The lowest BCUT2D eigenvalue weighted by Gasteiger charge is -2.07. The minimum Gasteiger partial charge on any atom is -0.445 e. The number of alkyl carbamates (subject to hydrolysis) is 1. The van der Waals surface area contributed by atoms with Crippen molar-refractivity contribution in [3.8, 4) is 0 Å². The van der Waals surface area contributed by atoms with E-state index >= 15 is 0 Å². The Balaban J connectivity index is 1.59. The fraction of sp³-hybridized carbons (Fsp3) is 0.118. The summed E-state index contributed by atoms with van der Waals surface area (Å²) in [6.45, 7) is 0.719. The molecule has 0 fully saturated rings. The molecule has 1 aromatic heterocycles. The zero-order valence-electron chi connectivity index (χ0n) is 11.7. The number of hydrogen-bond acceptors (Lipinski definition) is 3. The molecule has 0 aliphatic carbocycles. The summed E-state index contributed by atoms with van der Waals surface area (Å²) in [7, 11) is 0. The van der Waals surface area contributed by atoms with E-state index in [0.717, 1.165) is 20.3 Å². The Labute approximate surface area is 141 Å². The van der Waals surface area contributed by atoms with Crippen LogP contribution in [-0.4, -0.2) is 6.09 Å². The van der Waals surface area contributed by atoms with Crippen molar-refractivity contribution in [1.82, 2.24) is 5.32 Å². The van der Waals surface area contributed by atoms with Gasteiger partial charge in [0.15, 0.2) is 0 Å². The van der Waals surface area contributed by atoms with E-state index < -0.39 is 6.09 Å². The maximum atomic E-state index is 11.8. The number of ether oxygens (including phenoxy) is 1. The van der Waals surface area contributed by atoms with Crippen molar-refractivity contribution in [1.29, 1.82) is 0 Å². The van der Waals surface area contributed by atoms with E-state index in [-0.39, 0.29) is 6.61 Å². The minimum atomic E-state index is -0.411. The normalized spacial score (nSPS) is 10.6. The highest BCUT2D eigenvalue weighted by molar-refractivity contribution is 9.11. The molecule has 0 atom stereocenters. The molecule has 0 radical (unpaired) electrons. The molecular formula is C17H14BrNO2S. The van der Waals surface area contributed by atoms with Gasteiger partial charge in [0, 0.05) is 16.8 Å². The number of amides is 1.